The van der Waals surface area contributed by atoms with E-state index in [0.29, 0.717) is 3.57 Å². The summed E-state index contributed by atoms with van der Waals surface area (Å²) in [6.45, 7) is 0. The van der Waals surface area contributed by atoms with Crippen molar-refractivity contribution in [3.63, 3.8) is 0 Å². The molecule has 1 rings (SSSR count). The number of rotatable bonds is 0. The zero-order valence-corrected chi connectivity index (χ0v) is 6.82. The van der Waals surface area contributed by atoms with Gasteiger partial charge in [0.2, 0.25) is 0 Å². The first-order valence-corrected chi connectivity index (χ1v) is 3.49. The van der Waals surface area contributed by atoms with Crippen LogP contribution in [0.15, 0.2) is 12.1 Å². The summed E-state index contributed by atoms with van der Waals surface area (Å²) in [4.78, 5) is 0. The van der Waals surface area contributed by atoms with E-state index in [1.807, 2.05) is 0 Å². The van der Waals surface area contributed by atoms with E-state index < -0.39 is 17.5 Å². The van der Waals surface area contributed by atoms with Crippen LogP contribution in [-0.2, 0) is 0 Å². The quantitative estimate of drug-likeness (QED) is 0.381. The van der Waals surface area contributed by atoms with Gasteiger partial charge in [-0.2, -0.15) is 0 Å². The monoisotopic (exact) mass is 258 g/mol. The first-order valence-electron chi connectivity index (χ1n) is 2.41. The number of halogens is 4. The molecular formula is C6H2F3I. The molecule has 0 aliphatic rings. The zero-order valence-electron chi connectivity index (χ0n) is 4.67. The highest BCUT2D eigenvalue weighted by Crippen LogP contribution is 2.14. The molecule has 0 N–H and O–H groups in total. The Bertz CT molecular complexity index is 236. The molecule has 0 amide bonds. The molecule has 4 heteroatoms. The van der Waals surface area contributed by atoms with Gasteiger partial charge in [0.05, 0.1) is 0 Å². The van der Waals surface area contributed by atoms with Crippen molar-refractivity contribution < 1.29 is 13.2 Å². The Morgan fingerprint density at radius 3 is 1.80 bits per heavy atom. The van der Waals surface area contributed by atoms with Gasteiger partial charge in [-0.3, -0.25) is 0 Å². The maximum atomic E-state index is 12.2. The normalized spacial score (nSPS) is 10.0. The molecule has 0 aliphatic carbocycles. The summed E-state index contributed by atoms with van der Waals surface area (Å²) in [6, 6.07) is 1.86. The first-order chi connectivity index (χ1) is 4.61. The van der Waals surface area contributed by atoms with Crippen molar-refractivity contribution in [3.05, 3.63) is 33.2 Å². The second kappa shape index (κ2) is 2.77. The predicted molar refractivity (Wildman–Crippen MR) is 39.0 cm³/mol. The Labute approximate surface area is 69.2 Å². The topological polar surface area (TPSA) is 0 Å². The lowest BCUT2D eigenvalue weighted by Gasteiger charge is -1.94. The Kier molecular flexibility index (Phi) is 2.18. The molecule has 0 saturated carbocycles. The van der Waals surface area contributed by atoms with Crippen LogP contribution in [0.5, 0.6) is 0 Å². The standard InChI is InChI=1S/C6H2F3I/c7-4-1-3(10)2-5(8)6(4)9/h1-2H. The molecule has 0 radical (unpaired) electrons. The lowest BCUT2D eigenvalue weighted by atomic mass is 10.3. The van der Waals surface area contributed by atoms with Crippen LogP contribution < -0.4 is 0 Å². The maximum absolute atomic E-state index is 12.2. The third-order valence-corrected chi connectivity index (χ3v) is 1.57. The molecule has 0 saturated heterocycles. The highest BCUT2D eigenvalue weighted by molar-refractivity contribution is 14.1. The second-order valence-corrected chi connectivity index (χ2v) is 2.93. The summed E-state index contributed by atoms with van der Waals surface area (Å²) in [5, 5.41) is 0. The molecule has 54 valence electrons. The van der Waals surface area contributed by atoms with Crippen molar-refractivity contribution in [3.8, 4) is 0 Å². The fraction of sp³-hybridized carbons (Fsp3) is 0. The summed E-state index contributed by atoms with van der Waals surface area (Å²) in [5.41, 5.74) is 0. The van der Waals surface area contributed by atoms with Crippen molar-refractivity contribution in [2.24, 2.45) is 0 Å². The minimum Gasteiger partial charge on any atom is -0.204 e. The van der Waals surface area contributed by atoms with Crippen LogP contribution in [0.3, 0.4) is 0 Å². The van der Waals surface area contributed by atoms with Gasteiger partial charge in [-0.15, -0.1) is 0 Å². The predicted octanol–water partition coefficient (Wildman–Crippen LogP) is 2.71. The van der Waals surface area contributed by atoms with Crippen LogP contribution in [0.2, 0.25) is 0 Å². The highest BCUT2D eigenvalue weighted by Gasteiger charge is 2.08. The second-order valence-electron chi connectivity index (χ2n) is 1.68. The van der Waals surface area contributed by atoms with E-state index in [2.05, 4.69) is 0 Å². The lowest BCUT2D eigenvalue weighted by molar-refractivity contribution is 0.446. The molecule has 1 aromatic rings. The largest absolute Gasteiger partial charge is 0.204 e. The summed E-state index contributed by atoms with van der Waals surface area (Å²) in [5.74, 6) is -3.71. The molecule has 0 atom stereocenters. The average molecular weight is 258 g/mol. The van der Waals surface area contributed by atoms with Crippen molar-refractivity contribution in [1.29, 1.82) is 0 Å². The van der Waals surface area contributed by atoms with Gasteiger partial charge in [-0.25, -0.2) is 13.2 Å². The number of hydrogen-bond acceptors (Lipinski definition) is 0. The molecule has 10 heavy (non-hydrogen) atoms. The molecule has 0 bridgehead atoms. The van der Waals surface area contributed by atoms with Gasteiger partial charge < -0.3 is 0 Å². The van der Waals surface area contributed by atoms with Gasteiger partial charge in [0.15, 0.2) is 17.5 Å². The first kappa shape index (κ1) is 7.84. The Balaban J connectivity index is 3.31. The molecule has 0 unspecified atom stereocenters. The van der Waals surface area contributed by atoms with E-state index >= 15 is 0 Å². The molecular weight excluding hydrogens is 256 g/mol. The maximum Gasteiger partial charge on any atom is 0.194 e. The molecule has 0 fully saturated rings. The lowest BCUT2D eigenvalue weighted by Crippen LogP contribution is -1.90. The molecule has 0 heterocycles. The molecule has 0 aliphatic heterocycles. The average Bonchev–Trinajstić information content (AvgIpc) is 1.82. The fourth-order valence-corrected chi connectivity index (χ4v) is 1.07. The van der Waals surface area contributed by atoms with Crippen LogP contribution in [-0.4, -0.2) is 0 Å². The van der Waals surface area contributed by atoms with Crippen molar-refractivity contribution in [2.75, 3.05) is 0 Å². The minimum absolute atomic E-state index is 0.342. The van der Waals surface area contributed by atoms with Crippen LogP contribution >= 0.6 is 22.6 Å². The van der Waals surface area contributed by atoms with Crippen molar-refractivity contribution >= 4 is 22.6 Å². The Morgan fingerprint density at radius 1 is 1.00 bits per heavy atom. The van der Waals surface area contributed by atoms with Gasteiger partial charge in [0, 0.05) is 3.57 Å². The molecule has 0 nitrogen and oxygen atoms in total. The van der Waals surface area contributed by atoms with Crippen LogP contribution in [0.1, 0.15) is 0 Å². The highest BCUT2D eigenvalue weighted by atomic mass is 127. The third-order valence-electron chi connectivity index (χ3n) is 0.949. The summed E-state index contributed by atoms with van der Waals surface area (Å²) < 4.78 is 36.9. The van der Waals surface area contributed by atoms with Crippen LogP contribution in [0, 0.1) is 21.0 Å². The Hall–Kier alpha value is -0.260. The Morgan fingerprint density at radius 2 is 1.40 bits per heavy atom. The van der Waals surface area contributed by atoms with E-state index in [1.165, 1.54) is 0 Å². The van der Waals surface area contributed by atoms with E-state index in [1.54, 1.807) is 22.6 Å². The number of hydrogen-bond donors (Lipinski definition) is 0. The summed E-state index contributed by atoms with van der Waals surface area (Å²) in [7, 11) is 0. The van der Waals surface area contributed by atoms with Crippen LogP contribution in [0.25, 0.3) is 0 Å². The molecule has 1 aromatic carbocycles. The number of benzene rings is 1. The zero-order chi connectivity index (χ0) is 7.72. The SMILES string of the molecule is Fc1cc(I)cc(F)c1F. The van der Waals surface area contributed by atoms with Crippen LogP contribution in [0.4, 0.5) is 13.2 Å². The van der Waals surface area contributed by atoms with Gasteiger partial charge in [0.25, 0.3) is 0 Å². The molecule has 0 spiro atoms. The summed E-state index contributed by atoms with van der Waals surface area (Å²) >= 11 is 1.70. The van der Waals surface area contributed by atoms with E-state index in [0.717, 1.165) is 12.1 Å². The molecule has 0 aromatic heterocycles. The van der Waals surface area contributed by atoms with Gasteiger partial charge in [-0.1, -0.05) is 0 Å². The van der Waals surface area contributed by atoms with E-state index in [4.69, 9.17) is 0 Å². The van der Waals surface area contributed by atoms with Crippen molar-refractivity contribution in [2.45, 2.75) is 0 Å². The smallest absolute Gasteiger partial charge is 0.194 e. The fourth-order valence-electron chi connectivity index (χ4n) is 0.525. The van der Waals surface area contributed by atoms with E-state index in [9.17, 15) is 13.2 Å². The van der Waals surface area contributed by atoms with Gasteiger partial charge in [-0.05, 0) is 34.7 Å². The third kappa shape index (κ3) is 1.42. The summed E-state index contributed by atoms with van der Waals surface area (Å²) in [6.07, 6.45) is 0. The van der Waals surface area contributed by atoms with Crippen molar-refractivity contribution in [1.82, 2.24) is 0 Å². The van der Waals surface area contributed by atoms with Gasteiger partial charge >= 0.3 is 0 Å². The van der Waals surface area contributed by atoms with Gasteiger partial charge in [0.1, 0.15) is 0 Å². The van der Waals surface area contributed by atoms with E-state index in [-0.39, 0.29) is 0 Å². The minimum atomic E-state index is -1.42.